The van der Waals surface area contributed by atoms with Gasteiger partial charge in [0.25, 0.3) is 0 Å². The molecule has 0 aromatic carbocycles. The van der Waals surface area contributed by atoms with Crippen LogP contribution >= 0.6 is 0 Å². The van der Waals surface area contributed by atoms with Crippen LogP contribution in [-0.2, 0) is 0 Å². The van der Waals surface area contributed by atoms with Crippen molar-refractivity contribution in [2.24, 2.45) is 21.1 Å². The standard InChI is InChI=1S/C13H25N3/c1-8-11(13(5,6)7)16-12(9(2)3)15-10(4)14/h8H2,1-7H3,(H2,14,15)/b16-11+. The lowest BCUT2D eigenvalue weighted by Crippen LogP contribution is -2.19. The molecule has 0 saturated carbocycles. The number of rotatable bonds is 3. The fourth-order valence-corrected chi connectivity index (χ4v) is 1.32. The Bertz CT molecular complexity index is 320. The van der Waals surface area contributed by atoms with Crippen LogP contribution < -0.4 is 5.73 Å². The molecule has 0 aromatic rings. The van der Waals surface area contributed by atoms with Crippen molar-refractivity contribution in [2.45, 2.75) is 54.9 Å². The first kappa shape index (κ1) is 14.9. The third-order valence-corrected chi connectivity index (χ3v) is 2.17. The smallest absolute Gasteiger partial charge is 0.152 e. The molecular formula is C13H25N3. The predicted molar refractivity (Wildman–Crippen MR) is 72.9 cm³/mol. The second-order valence-corrected chi connectivity index (χ2v) is 5.24. The molecule has 0 aliphatic rings. The van der Waals surface area contributed by atoms with Gasteiger partial charge in [0.05, 0.1) is 5.84 Å². The zero-order chi connectivity index (χ0) is 12.9. The van der Waals surface area contributed by atoms with Crippen molar-refractivity contribution in [1.29, 1.82) is 0 Å². The summed E-state index contributed by atoms with van der Waals surface area (Å²) in [6.07, 6.45) is 0.930. The minimum atomic E-state index is 0.0769. The molecule has 0 spiro atoms. The Labute approximate surface area is 99.6 Å². The summed E-state index contributed by atoms with van der Waals surface area (Å²) in [5, 5.41) is 0. The first-order chi connectivity index (χ1) is 7.18. The highest BCUT2D eigenvalue weighted by atomic mass is 15.0. The van der Waals surface area contributed by atoms with Crippen LogP contribution in [0.5, 0.6) is 0 Å². The lowest BCUT2D eigenvalue weighted by Gasteiger charge is -2.20. The monoisotopic (exact) mass is 223 g/mol. The molecule has 0 bridgehead atoms. The molecule has 3 heteroatoms. The van der Waals surface area contributed by atoms with E-state index in [1.165, 1.54) is 0 Å². The molecule has 2 N–H and O–H groups in total. The van der Waals surface area contributed by atoms with E-state index in [0.717, 1.165) is 23.5 Å². The van der Waals surface area contributed by atoms with Crippen molar-refractivity contribution in [3.8, 4) is 0 Å². The van der Waals surface area contributed by atoms with Gasteiger partial charge in [0.1, 0.15) is 0 Å². The van der Waals surface area contributed by atoms with Crippen molar-refractivity contribution < 1.29 is 0 Å². The first-order valence-electron chi connectivity index (χ1n) is 5.74. The lowest BCUT2D eigenvalue weighted by atomic mass is 9.88. The molecule has 92 valence electrons. The Kier molecular flexibility index (Phi) is 5.42. The summed E-state index contributed by atoms with van der Waals surface area (Å²) >= 11 is 0. The highest BCUT2D eigenvalue weighted by Gasteiger charge is 2.17. The summed E-state index contributed by atoms with van der Waals surface area (Å²) in [5.74, 6) is 1.29. The van der Waals surface area contributed by atoms with Gasteiger partial charge in [-0.15, -0.1) is 0 Å². The van der Waals surface area contributed by atoms with Crippen molar-refractivity contribution in [1.82, 2.24) is 0 Å². The van der Waals surface area contributed by atoms with Crippen LogP contribution in [0.3, 0.4) is 0 Å². The van der Waals surface area contributed by atoms with Crippen LogP contribution in [0.2, 0.25) is 0 Å². The molecule has 0 unspecified atom stereocenters. The van der Waals surface area contributed by atoms with E-state index < -0.39 is 0 Å². The number of nitrogens with two attached hydrogens (primary N) is 1. The van der Waals surface area contributed by atoms with E-state index in [2.05, 4.69) is 37.7 Å². The molecule has 0 aromatic heterocycles. The summed E-state index contributed by atoms with van der Waals surface area (Å²) in [6, 6.07) is 0. The minimum Gasteiger partial charge on any atom is -0.387 e. The van der Waals surface area contributed by atoms with Gasteiger partial charge in [-0.1, -0.05) is 27.7 Å². The van der Waals surface area contributed by atoms with E-state index in [9.17, 15) is 0 Å². The lowest BCUT2D eigenvalue weighted by molar-refractivity contribution is 0.578. The van der Waals surface area contributed by atoms with Crippen molar-refractivity contribution >= 4 is 11.5 Å². The number of hydrogen-bond acceptors (Lipinski definition) is 2. The predicted octanol–water partition coefficient (Wildman–Crippen LogP) is 3.51. The zero-order valence-electron chi connectivity index (χ0n) is 11.7. The minimum absolute atomic E-state index is 0.0769. The van der Waals surface area contributed by atoms with Crippen LogP contribution in [0.1, 0.15) is 54.9 Å². The Morgan fingerprint density at radius 3 is 1.81 bits per heavy atom. The fourth-order valence-electron chi connectivity index (χ4n) is 1.32. The van der Waals surface area contributed by atoms with Gasteiger partial charge in [0.2, 0.25) is 0 Å². The van der Waals surface area contributed by atoms with E-state index in [1.807, 2.05) is 13.8 Å². The number of nitrogens with zero attached hydrogens (tertiary/aromatic N) is 2. The number of aliphatic imine (C=N–C) groups is 2. The van der Waals surface area contributed by atoms with Crippen LogP contribution in [-0.4, -0.2) is 11.5 Å². The average molecular weight is 223 g/mol. The maximum atomic E-state index is 5.60. The highest BCUT2D eigenvalue weighted by Crippen LogP contribution is 2.21. The molecule has 0 amide bonds. The Morgan fingerprint density at radius 1 is 1.06 bits per heavy atom. The number of amidine groups is 1. The van der Waals surface area contributed by atoms with Gasteiger partial charge in [-0.05, 0) is 32.8 Å². The second kappa shape index (κ2) is 5.83. The SMILES string of the molecule is CC/C(=N\C(/N=C(\C)N)=C(C)C)C(C)(C)C. The van der Waals surface area contributed by atoms with E-state index in [0.29, 0.717) is 5.84 Å². The van der Waals surface area contributed by atoms with Gasteiger partial charge < -0.3 is 5.73 Å². The quantitative estimate of drug-likeness (QED) is 0.577. The largest absolute Gasteiger partial charge is 0.387 e. The van der Waals surface area contributed by atoms with Crippen LogP contribution in [0, 0.1) is 5.41 Å². The highest BCUT2D eigenvalue weighted by molar-refractivity contribution is 5.90. The molecule has 0 saturated heterocycles. The van der Waals surface area contributed by atoms with Crippen LogP contribution in [0.25, 0.3) is 0 Å². The van der Waals surface area contributed by atoms with Crippen LogP contribution in [0.15, 0.2) is 21.4 Å². The third-order valence-electron chi connectivity index (χ3n) is 2.17. The van der Waals surface area contributed by atoms with Gasteiger partial charge in [0, 0.05) is 11.1 Å². The fraction of sp³-hybridized carbons (Fsp3) is 0.692. The summed E-state index contributed by atoms with van der Waals surface area (Å²) in [4.78, 5) is 8.90. The normalized spacial score (nSPS) is 13.9. The first-order valence-corrected chi connectivity index (χ1v) is 5.74. The molecule has 0 rings (SSSR count). The summed E-state index contributed by atoms with van der Waals surface area (Å²) < 4.78 is 0. The van der Waals surface area contributed by atoms with Gasteiger partial charge >= 0.3 is 0 Å². The average Bonchev–Trinajstić information content (AvgIpc) is 2.08. The molecule has 0 atom stereocenters. The molecule has 0 aliphatic carbocycles. The third kappa shape index (κ3) is 5.10. The number of hydrogen-bond donors (Lipinski definition) is 1. The van der Waals surface area contributed by atoms with E-state index in [-0.39, 0.29) is 5.41 Å². The topological polar surface area (TPSA) is 50.7 Å². The van der Waals surface area contributed by atoms with Crippen molar-refractivity contribution in [2.75, 3.05) is 0 Å². The maximum Gasteiger partial charge on any atom is 0.152 e. The molecule has 3 nitrogen and oxygen atoms in total. The van der Waals surface area contributed by atoms with E-state index in [1.54, 1.807) is 6.92 Å². The van der Waals surface area contributed by atoms with Crippen molar-refractivity contribution in [3.63, 3.8) is 0 Å². The molecular weight excluding hydrogens is 198 g/mol. The summed E-state index contributed by atoms with van der Waals surface area (Å²) in [5.41, 5.74) is 7.91. The van der Waals surface area contributed by atoms with Crippen LogP contribution in [0.4, 0.5) is 0 Å². The molecule has 0 fully saturated rings. The van der Waals surface area contributed by atoms with Gasteiger partial charge in [-0.3, -0.25) is 0 Å². The summed E-state index contributed by atoms with van der Waals surface area (Å²) in [6.45, 7) is 14.4. The Morgan fingerprint density at radius 2 is 1.56 bits per heavy atom. The molecule has 0 radical (unpaired) electrons. The Hall–Kier alpha value is -1.12. The summed E-state index contributed by atoms with van der Waals surface area (Å²) in [7, 11) is 0. The molecule has 0 heterocycles. The molecule has 16 heavy (non-hydrogen) atoms. The Balaban J connectivity index is 5.38. The second-order valence-electron chi connectivity index (χ2n) is 5.24. The van der Waals surface area contributed by atoms with E-state index in [4.69, 9.17) is 5.73 Å². The van der Waals surface area contributed by atoms with Gasteiger partial charge in [-0.25, -0.2) is 9.98 Å². The van der Waals surface area contributed by atoms with Gasteiger partial charge in [0.15, 0.2) is 5.82 Å². The zero-order valence-corrected chi connectivity index (χ0v) is 11.7. The van der Waals surface area contributed by atoms with E-state index >= 15 is 0 Å². The number of allylic oxidation sites excluding steroid dienone is 1. The van der Waals surface area contributed by atoms with Gasteiger partial charge in [-0.2, -0.15) is 0 Å². The molecule has 0 aliphatic heterocycles. The van der Waals surface area contributed by atoms with Crippen molar-refractivity contribution in [3.05, 3.63) is 11.4 Å². The maximum absolute atomic E-state index is 5.60.